The largest absolute Gasteiger partial charge is 0.497 e. The number of benzene rings is 1. The first kappa shape index (κ1) is 18.1. The van der Waals surface area contributed by atoms with Crippen molar-refractivity contribution < 1.29 is 18.7 Å². The van der Waals surface area contributed by atoms with Gasteiger partial charge in [-0.2, -0.15) is 0 Å². The molecule has 0 aliphatic rings. The minimum atomic E-state index is -0.421. The number of hydrogen-bond acceptors (Lipinski definition) is 6. The van der Waals surface area contributed by atoms with Crippen molar-refractivity contribution in [2.45, 2.75) is 13.1 Å². The molecule has 27 heavy (non-hydrogen) atoms. The molecule has 2 heterocycles. The van der Waals surface area contributed by atoms with E-state index in [2.05, 4.69) is 20.6 Å². The third-order valence-electron chi connectivity index (χ3n) is 3.72. The Kier molecular flexibility index (Phi) is 5.78. The Morgan fingerprint density at radius 2 is 1.74 bits per heavy atom. The second-order valence-electron chi connectivity index (χ2n) is 5.58. The van der Waals surface area contributed by atoms with Crippen molar-refractivity contribution in [1.29, 1.82) is 0 Å². The van der Waals surface area contributed by atoms with Crippen molar-refractivity contribution in [3.63, 3.8) is 0 Å². The Hall–Kier alpha value is -3.68. The molecule has 2 amide bonds. The van der Waals surface area contributed by atoms with Gasteiger partial charge in [-0.25, -0.2) is 9.97 Å². The predicted molar refractivity (Wildman–Crippen MR) is 96.1 cm³/mol. The van der Waals surface area contributed by atoms with Crippen molar-refractivity contribution in [3.8, 4) is 5.75 Å². The van der Waals surface area contributed by atoms with Crippen molar-refractivity contribution in [2.24, 2.45) is 0 Å². The van der Waals surface area contributed by atoms with Gasteiger partial charge in [0.25, 0.3) is 11.8 Å². The summed E-state index contributed by atoms with van der Waals surface area (Å²) in [4.78, 5) is 32.3. The van der Waals surface area contributed by atoms with Crippen molar-refractivity contribution >= 4 is 11.8 Å². The second-order valence-corrected chi connectivity index (χ2v) is 5.58. The van der Waals surface area contributed by atoms with E-state index in [0.717, 1.165) is 5.56 Å². The fourth-order valence-electron chi connectivity index (χ4n) is 2.33. The highest BCUT2D eigenvalue weighted by Crippen LogP contribution is 2.12. The van der Waals surface area contributed by atoms with E-state index >= 15 is 0 Å². The van der Waals surface area contributed by atoms with Crippen LogP contribution < -0.4 is 15.4 Å². The van der Waals surface area contributed by atoms with Gasteiger partial charge in [0.1, 0.15) is 29.2 Å². The van der Waals surface area contributed by atoms with Crippen LogP contribution in [0, 0.1) is 0 Å². The molecule has 2 aromatic heterocycles. The summed E-state index contributed by atoms with van der Waals surface area (Å²) in [7, 11) is 1.58. The standard InChI is InChI=1S/C19H18N4O4/c1-26-14-5-2-4-13(8-14)10-20-18(24)16-9-17(23-12-22-16)19(25)21-11-15-6-3-7-27-15/h2-9,12H,10-11H2,1H3,(H,20,24)(H,21,25). The van der Waals surface area contributed by atoms with Crippen molar-refractivity contribution in [2.75, 3.05) is 7.11 Å². The molecular weight excluding hydrogens is 348 g/mol. The van der Waals surface area contributed by atoms with Crippen LogP contribution in [-0.4, -0.2) is 28.9 Å². The van der Waals surface area contributed by atoms with Crippen LogP contribution in [0.3, 0.4) is 0 Å². The van der Waals surface area contributed by atoms with Gasteiger partial charge in [0, 0.05) is 12.6 Å². The number of aromatic nitrogens is 2. The van der Waals surface area contributed by atoms with E-state index in [0.29, 0.717) is 18.1 Å². The van der Waals surface area contributed by atoms with E-state index in [1.54, 1.807) is 19.2 Å². The highest BCUT2D eigenvalue weighted by molar-refractivity contribution is 5.97. The van der Waals surface area contributed by atoms with Gasteiger partial charge in [0.2, 0.25) is 0 Å². The Bertz CT molecular complexity index is 925. The van der Waals surface area contributed by atoms with Crippen LogP contribution in [0.1, 0.15) is 32.3 Å². The number of nitrogens with zero attached hydrogens (tertiary/aromatic N) is 2. The van der Waals surface area contributed by atoms with Gasteiger partial charge in [-0.3, -0.25) is 9.59 Å². The third kappa shape index (κ3) is 4.91. The van der Waals surface area contributed by atoms with Gasteiger partial charge in [-0.15, -0.1) is 0 Å². The van der Waals surface area contributed by atoms with Gasteiger partial charge in [0.15, 0.2) is 0 Å². The van der Waals surface area contributed by atoms with Crippen molar-refractivity contribution in [1.82, 2.24) is 20.6 Å². The summed E-state index contributed by atoms with van der Waals surface area (Å²) in [5.41, 5.74) is 1.09. The fraction of sp³-hybridized carbons (Fsp3) is 0.158. The molecule has 0 atom stereocenters. The summed E-state index contributed by atoms with van der Waals surface area (Å²) < 4.78 is 10.3. The molecule has 0 radical (unpaired) electrons. The van der Waals surface area contributed by atoms with Crippen LogP contribution in [0.4, 0.5) is 0 Å². The SMILES string of the molecule is COc1cccc(CNC(=O)c2cc(C(=O)NCc3ccco3)ncn2)c1. The molecular formula is C19H18N4O4. The zero-order chi connectivity index (χ0) is 19.1. The maximum absolute atomic E-state index is 12.3. The van der Waals surface area contributed by atoms with Crippen LogP contribution in [0.2, 0.25) is 0 Å². The van der Waals surface area contributed by atoms with Gasteiger partial charge in [-0.1, -0.05) is 12.1 Å². The molecule has 0 aliphatic carbocycles. The highest BCUT2D eigenvalue weighted by atomic mass is 16.5. The number of furan rings is 1. The number of carbonyl (C=O) groups excluding carboxylic acids is 2. The highest BCUT2D eigenvalue weighted by Gasteiger charge is 2.13. The smallest absolute Gasteiger partial charge is 0.270 e. The minimum Gasteiger partial charge on any atom is -0.497 e. The molecule has 0 aliphatic heterocycles. The van der Waals surface area contributed by atoms with E-state index in [1.165, 1.54) is 18.7 Å². The summed E-state index contributed by atoms with van der Waals surface area (Å²) in [6.07, 6.45) is 2.71. The van der Waals surface area contributed by atoms with Crippen LogP contribution >= 0.6 is 0 Å². The lowest BCUT2D eigenvalue weighted by atomic mass is 10.2. The zero-order valence-corrected chi connectivity index (χ0v) is 14.6. The number of amides is 2. The molecule has 0 spiro atoms. The van der Waals surface area contributed by atoms with Crippen LogP contribution in [-0.2, 0) is 13.1 Å². The Balaban J connectivity index is 1.60. The second kappa shape index (κ2) is 8.61. The number of rotatable bonds is 7. The summed E-state index contributed by atoms with van der Waals surface area (Å²) in [6, 6.07) is 12.2. The topological polar surface area (TPSA) is 106 Å². The zero-order valence-electron chi connectivity index (χ0n) is 14.6. The number of methoxy groups -OCH3 is 1. The lowest BCUT2D eigenvalue weighted by molar-refractivity contribution is 0.0942. The van der Waals surface area contributed by atoms with Gasteiger partial charge in [-0.05, 0) is 29.8 Å². The number of carbonyl (C=O) groups is 2. The Labute approximate surface area is 155 Å². The van der Waals surface area contributed by atoms with E-state index in [4.69, 9.17) is 9.15 Å². The first-order valence-corrected chi connectivity index (χ1v) is 8.19. The van der Waals surface area contributed by atoms with Crippen LogP contribution in [0.15, 0.2) is 59.5 Å². The lowest BCUT2D eigenvalue weighted by Gasteiger charge is -2.07. The molecule has 0 unspecified atom stereocenters. The molecule has 2 N–H and O–H groups in total. The van der Waals surface area contributed by atoms with E-state index in [9.17, 15) is 9.59 Å². The van der Waals surface area contributed by atoms with Crippen LogP contribution in [0.5, 0.6) is 5.75 Å². The number of nitrogens with one attached hydrogen (secondary N) is 2. The first-order chi connectivity index (χ1) is 13.2. The average Bonchev–Trinajstić information content (AvgIpc) is 3.24. The van der Waals surface area contributed by atoms with Crippen molar-refractivity contribution in [3.05, 3.63) is 77.8 Å². The summed E-state index contributed by atoms with van der Waals surface area (Å²) in [6.45, 7) is 0.535. The molecule has 3 rings (SSSR count). The molecule has 0 bridgehead atoms. The van der Waals surface area contributed by atoms with E-state index in [-0.39, 0.29) is 17.9 Å². The molecule has 0 saturated carbocycles. The molecule has 0 fully saturated rings. The first-order valence-electron chi connectivity index (χ1n) is 8.19. The summed E-state index contributed by atoms with van der Waals surface area (Å²) >= 11 is 0. The summed E-state index contributed by atoms with van der Waals surface area (Å²) in [5, 5.41) is 5.43. The van der Waals surface area contributed by atoms with Crippen LogP contribution in [0.25, 0.3) is 0 Å². The summed E-state index contributed by atoms with van der Waals surface area (Å²) in [5.74, 6) is 0.504. The van der Waals surface area contributed by atoms with Gasteiger partial charge >= 0.3 is 0 Å². The number of hydrogen-bond donors (Lipinski definition) is 2. The molecule has 8 nitrogen and oxygen atoms in total. The third-order valence-corrected chi connectivity index (χ3v) is 3.72. The molecule has 0 saturated heterocycles. The Morgan fingerprint density at radius 1 is 1.00 bits per heavy atom. The monoisotopic (exact) mass is 366 g/mol. The number of ether oxygens (including phenoxy) is 1. The molecule has 3 aromatic rings. The van der Waals surface area contributed by atoms with E-state index < -0.39 is 11.8 Å². The lowest BCUT2D eigenvalue weighted by Crippen LogP contribution is -2.27. The predicted octanol–water partition coefficient (Wildman–Crippen LogP) is 1.94. The molecule has 8 heteroatoms. The normalized spacial score (nSPS) is 10.3. The molecule has 138 valence electrons. The average molecular weight is 366 g/mol. The van der Waals surface area contributed by atoms with Gasteiger partial charge < -0.3 is 19.8 Å². The molecule has 1 aromatic carbocycles. The maximum Gasteiger partial charge on any atom is 0.270 e. The van der Waals surface area contributed by atoms with Gasteiger partial charge in [0.05, 0.1) is 19.9 Å². The maximum atomic E-state index is 12.3. The van der Waals surface area contributed by atoms with E-state index in [1.807, 2.05) is 24.3 Å². The Morgan fingerprint density at radius 3 is 2.41 bits per heavy atom. The quantitative estimate of drug-likeness (QED) is 0.662. The fourth-order valence-corrected chi connectivity index (χ4v) is 2.33. The minimum absolute atomic E-state index is 0.100.